The molecule has 1 aromatic carbocycles. The summed E-state index contributed by atoms with van der Waals surface area (Å²) in [6.45, 7) is 2.52. The second-order valence-corrected chi connectivity index (χ2v) is 4.84. The molecule has 0 bridgehead atoms. The van der Waals surface area contributed by atoms with Crippen LogP contribution in [0.1, 0.15) is 16.1 Å². The van der Waals surface area contributed by atoms with Crippen LogP contribution in [0.4, 0.5) is 0 Å². The molecule has 1 amide bonds. The van der Waals surface area contributed by atoms with Crippen LogP contribution in [0.5, 0.6) is 5.75 Å². The van der Waals surface area contributed by atoms with Gasteiger partial charge in [-0.3, -0.25) is 9.48 Å². The molecule has 0 saturated heterocycles. The predicted octanol–water partition coefficient (Wildman–Crippen LogP) is 0.272. The lowest BCUT2D eigenvalue weighted by Gasteiger charge is -2.18. The summed E-state index contributed by atoms with van der Waals surface area (Å²) < 4.78 is 7.24. The average Bonchev–Trinajstić information content (AvgIpc) is 2.85. The third-order valence-corrected chi connectivity index (χ3v) is 3.36. The van der Waals surface area contributed by atoms with E-state index < -0.39 is 0 Å². The van der Waals surface area contributed by atoms with Crippen molar-refractivity contribution in [1.82, 2.24) is 19.9 Å². The summed E-state index contributed by atoms with van der Waals surface area (Å²) in [6.07, 6.45) is 1.63. The molecule has 2 N–H and O–H groups in total. The molecule has 21 heavy (non-hydrogen) atoms. The first-order valence-electron chi connectivity index (χ1n) is 6.88. The maximum atomic E-state index is 12.5. The number of benzene rings is 1. The van der Waals surface area contributed by atoms with Gasteiger partial charge in [0.1, 0.15) is 12.4 Å². The largest absolute Gasteiger partial charge is 0.491 e. The fraction of sp³-hybridized carbons (Fsp3) is 0.357. The van der Waals surface area contributed by atoms with Crippen molar-refractivity contribution in [3.05, 3.63) is 41.7 Å². The zero-order valence-electron chi connectivity index (χ0n) is 11.6. The topological polar surface area (TPSA) is 86.3 Å². The molecule has 0 saturated carbocycles. The van der Waals surface area contributed by atoms with Gasteiger partial charge in [0.05, 0.1) is 19.3 Å². The van der Waals surface area contributed by atoms with Crippen molar-refractivity contribution < 1.29 is 9.53 Å². The molecular weight excluding hydrogens is 270 g/mol. The Morgan fingerprint density at radius 2 is 2.24 bits per heavy atom. The highest BCUT2D eigenvalue weighted by Gasteiger charge is 2.22. The molecule has 0 spiro atoms. The van der Waals surface area contributed by atoms with Crippen molar-refractivity contribution in [2.75, 3.05) is 19.7 Å². The fourth-order valence-electron chi connectivity index (χ4n) is 2.30. The number of rotatable bonds is 3. The molecule has 110 valence electrons. The number of carbonyl (C=O) groups excluding carboxylic acids is 1. The van der Waals surface area contributed by atoms with Crippen molar-refractivity contribution in [2.24, 2.45) is 5.73 Å². The molecule has 0 atom stereocenters. The lowest BCUT2D eigenvalue weighted by atomic mass is 10.2. The minimum atomic E-state index is -0.140. The molecule has 7 nitrogen and oxygen atoms in total. The normalized spacial score (nSPS) is 14.2. The lowest BCUT2D eigenvalue weighted by Crippen LogP contribution is -2.32. The molecule has 2 aromatic rings. The zero-order chi connectivity index (χ0) is 14.7. The van der Waals surface area contributed by atoms with E-state index >= 15 is 0 Å². The van der Waals surface area contributed by atoms with Crippen molar-refractivity contribution in [3.63, 3.8) is 0 Å². The van der Waals surface area contributed by atoms with E-state index in [1.807, 2.05) is 24.3 Å². The van der Waals surface area contributed by atoms with Crippen molar-refractivity contribution >= 4 is 5.91 Å². The van der Waals surface area contributed by atoms with Gasteiger partial charge in [-0.25, -0.2) is 0 Å². The summed E-state index contributed by atoms with van der Waals surface area (Å²) >= 11 is 0. The molecule has 0 radical (unpaired) electrons. The van der Waals surface area contributed by atoms with E-state index in [0.29, 0.717) is 38.5 Å². The monoisotopic (exact) mass is 287 g/mol. The highest BCUT2D eigenvalue weighted by atomic mass is 16.5. The van der Waals surface area contributed by atoms with Crippen molar-refractivity contribution in [1.29, 1.82) is 0 Å². The van der Waals surface area contributed by atoms with E-state index in [2.05, 4.69) is 10.3 Å². The van der Waals surface area contributed by atoms with E-state index in [-0.39, 0.29) is 5.91 Å². The van der Waals surface area contributed by atoms with E-state index in [0.717, 1.165) is 11.3 Å². The summed E-state index contributed by atoms with van der Waals surface area (Å²) in [5.74, 6) is 0.693. The van der Waals surface area contributed by atoms with Crippen molar-refractivity contribution in [3.8, 4) is 5.75 Å². The average molecular weight is 287 g/mol. The van der Waals surface area contributed by atoms with Gasteiger partial charge in [-0.1, -0.05) is 23.4 Å². The molecule has 7 heteroatoms. The summed E-state index contributed by atoms with van der Waals surface area (Å²) in [5.41, 5.74) is 6.80. The number of nitrogens with two attached hydrogens (primary N) is 1. The Hall–Kier alpha value is -2.41. The van der Waals surface area contributed by atoms with E-state index in [4.69, 9.17) is 10.5 Å². The molecular formula is C14H17N5O2. The first-order valence-corrected chi connectivity index (χ1v) is 6.88. The number of hydrogen-bond acceptors (Lipinski definition) is 5. The quantitative estimate of drug-likeness (QED) is 0.875. The SMILES string of the molecule is NCCn1cc(C(=O)N2CCOc3ccccc3C2)nn1. The van der Waals surface area contributed by atoms with Crippen LogP contribution in [-0.4, -0.2) is 45.5 Å². The first-order chi connectivity index (χ1) is 10.3. The smallest absolute Gasteiger partial charge is 0.276 e. The fourth-order valence-corrected chi connectivity index (χ4v) is 2.30. The van der Waals surface area contributed by atoms with Gasteiger partial charge in [0.2, 0.25) is 0 Å². The number of fused-ring (bicyclic) bond motifs is 1. The molecule has 0 unspecified atom stereocenters. The molecule has 1 aromatic heterocycles. The zero-order valence-corrected chi connectivity index (χ0v) is 11.6. The summed E-state index contributed by atoms with van der Waals surface area (Å²) in [6, 6.07) is 7.75. The number of ether oxygens (including phenoxy) is 1. The predicted molar refractivity (Wildman–Crippen MR) is 75.8 cm³/mol. The number of carbonyl (C=O) groups is 1. The van der Waals surface area contributed by atoms with Crippen LogP contribution in [0.2, 0.25) is 0 Å². The van der Waals surface area contributed by atoms with E-state index in [9.17, 15) is 4.79 Å². The van der Waals surface area contributed by atoms with Crippen LogP contribution >= 0.6 is 0 Å². The first kappa shape index (κ1) is 13.6. The third kappa shape index (κ3) is 2.87. The molecule has 0 aliphatic carbocycles. The number of aromatic nitrogens is 3. The Morgan fingerprint density at radius 1 is 1.38 bits per heavy atom. The van der Waals surface area contributed by atoms with Crippen molar-refractivity contribution in [2.45, 2.75) is 13.1 Å². The highest BCUT2D eigenvalue weighted by Crippen LogP contribution is 2.23. The number of amides is 1. The Kier molecular flexibility index (Phi) is 3.83. The van der Waals surface area contributed by atoms with Gasteiger partial charge in [-0.05, 0) is 6.07 Å². The maximum Gasteiger partial charge on any atom is 0.276 e. The molecule has 1 aliphatic heterocycles. The Bertz CT molecular complexity index is 640. The van der Waals surface area contributed by atoms with E-state index in [1.54, 1.807) is 15.8 Å². The van der Waals surface area contributed by atoms with Crippen LogP contribution in [-0.2, 0) is 13.1 Å². The Balaban J connectivity index is 1.78. The Labute approximate surface area is 122 Å². The van der Waals surface area contributed by atoms with Gasteiger partial charge in [-0.2, -0.15) is 0 Å². The second-order valence-electron chi connectivity index (χ2n) is 4.84. The molecule has 2 heterocycles. The standard InChI is InChI=1S/C14H17N5O2/c15-5-6-19-10-12(16-17-19)14(20)18-7-8-21-13-4-2-1-3-11(13)9-18/h1-4,10H,5-9,15H2. The molecule has 0 fully saturated rings. The highest BCUT2D eigenvalue weighted by molar-refractivity contribution is 5.92. The summed E-state index contributed by atoms with van der Waals surface area (Å²) in [5, 5.41) is 7.82. The number of para-hydroxylation sites is 1. The van der Waals surface area contributed by atoms with Crippen LogP contribution in [0, 0.1) is 0 Å². The minimum Gasteiger partial charge on any atom is -0.491 e. The third-order valence-electron chi connectivity index (χ3n) is 3.36. The van der Waals surface area contributed by atoms with Gasteiger partial charge >= 0.3 is 0 Å². The number of nitrogens with zero attached hydrogens (tertiary/aromatic N) is 4. The van der Waals surface area contributed by atoms with Gasteiger partial charge in [-0.15, -0.1) is 5.10 Å². The summed E-state index contributed by atoms with van der Waals surface area (Å²) in [7, 11) is 0. The second kappa shape index (κ2) is 5.92. The van der Waals surface area contributed by atoms with Gasteiger partial charge < -0.3 is 15.4 Å². The van der Waals surface area contributed by atoms with Crippen LogP contribution < -0.4 is 10.5 Å². The maximum absolute atomic E-state index is 12.5. The van der Waals surface area contributed by atoms with Crippen LogP contribution in [0.25, 0.3) is 0 Å². The van der Waals surface area contributed by atoms with Gasteiger partial charge in [0.25, 0.3) is 5.91 Å². The van der Waals surface area contributed by atoms with Crippen LogP contribution in [0.3, 0.4) is 0 Å². The van der Waals surface area contributed by atoms with Crippen LogP contribution in [0.15, 0.2) is 30.5 Å². The molecule has 1 aliphatic rings. The van der Waals surface area contributed by atoms with E-state index in [1.165, 1.54) is 0 Å². The molecule has 3 rings (SSSR count). The number of hydrogen-bond donors (Lipinski definition) is 1. The lowest BCUT2D eigenvalue weighted by molar-refractivity contribution is 0.0727. The Morgan fingerprint density at radius 3 is 3.10 bits per heavy atom. The minimum absolute atomic E-state index is 0.140. The van der Waals surface area contributed by atoms with Gasteiger partial charge in [0, 0.05) is 18.7 Å². The van der Waals surface area contributed by atoms with Gasteiger partial charge in [0.15, 0.2) is 5.69 Å². The summed E-state index contributed by atoms with van der Waals surface area (Å²) in [4.78, 5) is 14.2.